The molecule has 0 aliphatic carbocycles. The average molecular weight is 549 g/mol. The largest absolute Gasteiger partial charge is 0.464 e. The van der Waals surface area contributed by atoms with Gasteiger partial charge in [-0.25, -0.2) is 17.5 Å². The molecular formula is C28H24N2O8S. The summed E-state index contributed by atoms with van der Waals surface area (Å²) >= 11 is 0. The van der Waals surface area contributed by atoms with Crippen molar-refractivity contribution in [3.05, 3.63) is 106 Å². The van der Waals surface area contributed by atoms with Crippen molar-refractivity contribution in [2.75, 3.05) is 6.61 Å². The molecule has 11 heteroatoms. The Morgan fingerprint density at radius 3 is 2.31 bits per heavy atom. The van der Waals surface area contributed by atoms with E-state index in [2.05, 4.69) is 0 Å². The number of carbonyl (C=O) groups is 3. The molecule has 2 aliphatic heterocycles. The highest BCUT2D eigenvalue weighted by Crippen LogP contribution is 2.55. The van der Waals surface area contributed by atoms with Gasteiger partial charge in [-0.1, -0.05) is 60.7 Å². The number of carbonyl (C=O) groups excluding carboxylic acids is 3. The van der Waals surface area contributed by atoms with Crippen LogP contribution in [0.3, 0.4) is 0 Å². The number of fused-ring (bicyclic) bond motifs is 3. The van der Waals surface area contributed by atoms with Gasteiger partial charge in [0, 0.05) is 29.2 Å². The normalized spacial score (nSPS) is 23.0. The molecule has 3 atom stereocenters. The van der Waals surface area contributed by atoms with Gasteiger partial charge in [0.2, 0.25) is 5.91 Å². The van der Waals surface area contributed by atoms with Crippen LogP contribution in [0.5, 0.6) is 0 Å². The Morgan fingerprint density at radius 1 is 1.03 bits per heavy atom. The van der Waals surface area contributed by atoms with Gasteiger partial charge in [0.25, 0.3) is 15.7 Å². The van der Waals surface area contributed by atoms with Crippen molar-refractivity contribution in [3.63, 3.8) is 0 Å². The molecule has 5 rings (SSSR count). The number of benzene rings is 3. The smallest absolute Gasteiger partial charge is 0.338 e. The number of rotatable bonds is 7. The van der Waals surface area contributed by atoms with Crippen LogP contribution in [-0.2, 0) is 36.3 Å². The van der Waals surface area contributed by atoms with Gasteiger partial charge in [0.05, 0.1) is 22.3 Å². The number of nitro groups is 1. The summed E-state index contributed by atoms with van der Waals surface area (Å²) in [6, 6.07) is 19.5. The van der Waals surface area contributed by atoms with E-state index in [1.165, 1.54) is 42.5 Å². The molecule has 39 heavy (non-hydrogen) atoms. The lowest BCUT2D eigenvalue weighted by Gasteiger charge is -2.46. The molecule has 3 aromatic rings. The Kier molecular flexibility index (Phi) is 6.55. The van der Waals surface area contributed by atoms with Crippen LogP contribution in [0.15, 0.2) is 83.8 Å². The van der Waals surface area contributed by atoms with Crippen LogP contribution in [0.25, 0.3) is 0 Å². The monoisotopic (exact) mass is 548 g/mol. The maximum atomic E-state index is 14.1. The molecule has 0 N–H and O–H groups in total. The van der Waals surface area contributed by atoms with Crippen LogP contribution in [0.4, 0.5) is 5.69 Å². The van der Waals surface area contributed by atoms with Crippen LogP contribution in [0, 0.1) is 22.0 Å². The molecule has 1 amide bonds. The predicted molar refractivity (Wildman–Crippen MR) is 138 cm³/mol. The van der Waals surface area contributed by atoms with Crippen LogP contribution in [0.2, 0.25) is 0 Å². The number of ether oxygens (including phenoxy) is 1. The van der Waals surface area contributed by atoms with Gasteiger partial charge < -0.3 is 4.74 Å². The zero-order chi connectivity index (χ0) is 27.9. The number of nitrogens with zero attached hydrogens (tertiary/aromatic N) is 2. The minimum Gasteiger partial charge on any atom is -0.464 e. The number of Topliss-reactive ketones (excluding diaryl/α,β-unsaturated/α-hetero) is 1. The highest BCUT2D eigenvalue weighted by atomic mass is 32.2. The Balaban J connectivity index is 1.70. The lowest BCUT2D eigenvalue weighted by Crippen LogP contribution is -2.64. The third-order valence-electron chi connectivity index (χ3n) is 7.30. The number of piperidine rings is 1. The summed E-state index contributed by atoms with van der Waals surface area (Å²) in [6.45, 7) is 1.47. The quantitative estimate of drug-likeness (QED) is 0.189. The molecule has 0 spiro atoms. The summed E-state index contributed by atoms with van der Waals surface area (Å²) in [5.74, 6) is -4.61. The minimum atomic E-state index is -4.53. The molecule has 0 unspecified atom stereocenters. The Labute approximate surface area is 224 Å². The third kappa shape index (κ3) is 4.00. The molecule has 1 fully saturated rings. The fourth-order valence-electron chi connectivity index (χ4n) is 5.63. The molecule has 0 saturated carbocycles. The maximum absolute atomic E-state index is 14.1. The van der Waals surface area contributed by atoms with Crippen LogP contribution < -0.4 is 0 Å². The summed E-state index contributed by atoms with van der Waals surface area (Å²) in [4.78, 5) is 52.2. The van der Waals surface area contributed by atoms with Gasteiger partial charge in [-0.05, 0) is 31.4 Å². The van der Waals surface area contributed by atoms with Crippen molar-refractivity contribution in [3.8, 4) is 0 Å². The first-order chi connectivity index (χ1) is 18.6. The van der Waals surface area contributed by atoms with Crippen LogP contribution in [0.1, 0.15) is 34.8 Å². The molecule has 2 heterocycles. The first kappa shape index (κ1) is 26.2. The lowest BCUT2D eigenvalue weighted by molar-refractivity contribution is -0.384. The van der Waals surface area contributed by atoms with E-state index >= 15 is 0 Å². The first-order valence-electron chi connectivity index (χ1n) is 12.3. The van der Waals surface area contributed by atoms with Crippen molar-refractivity contribution in [2.45, 2.75) is 30.2 Å². The second-order valence-corrected chi connectivity index (χ2v) is 11.2. The number of hydrogen-bond donors (Lipinski definition) is 0. The van der Waals surface area contributed by atoms with Crippen molar-refractivity contribution >= 4 is 33.4 Å². The molecule has 3 aromatic carbocycles. The van der Waals surface area contributed by atoms with Crippen molar-refractivity contribution in [2.24, 2.45) is 11.8 Å². The van der Waals surface area contributed by atoms with Gasteiger partial charge in [-0.3, -0.25) is 19.7 Å². The van der Waals surface area contributed by atoms with E-state index < -0.39 is 50.0 Å². The van der Waals surface area contributed by atoms with Gasteiger partial charge in [-0.15, -0.1) is 0 Å². The number of esters is 1. The molecule has 0 radical (unpaired) electrons. The zero-order valence-corrected chi connectivity index (χ0v) is 21.7. The molecule has 10 nitrogen and oxygen atoms in total. The molecule has 0 bridgehead atoms. The summed E-state index contributed by atoms with van der Waals surface area (Å²) in [5.41, 5.74) is -1.51. The SMILES string of the molecule is CCOC(=O)[C@]12c3ccccc3S(=O)(=O)N1C(=O)[C@H](Cc1ccc([N+](=O)[O-])cc1)C[C@@H]2C(=O)c1ccccc1. The second-order valence-electron chi connectivity index (χ2n) is 9.43. The summed E-state index contributed by atoms with van der Waals surface area (Å²) in [6.07, 6.45) is -0.126. The Morgan fingerprint density at radius 2 is 1.67 bits per heavy atom. The van der Waals surface area contributed by atoms with Crippen molar-refractivity contribution in [1.82, 2.24) is 4.31 Å². The topological polar surface area (TPSA) is 141 Å². The van der Waals surface area contributed by atoms with E-state index in [9.17, 15) is 32.9 Å². The van der Waals surface area contributed by atoms with Crippen molar-refractivity contribution in [1.29, 1.82) is 0 Å². The highest BCUT2D eigenvalue weighted by molar-refractivity contribution is 7.90. The van der Waals surface area contributed by atoms with E-state index in [1.807, 2.05) is 0 Å². The van der Waals surface area contributed by atoms with Crippen LogP contribution in [-0.4, -0.2) is 41.9 Å². The van der Waals surface area contributed by atoms with Gasteiger partial charge in [0.1, 0.15) is 0 Å². The summed E-state index contributed by atoms with van der Waals surface area (Å²) < 4.78 is 33.7. The Hall–Kier alpha value is -4.38. The standard InChI is InChI=1S/C28H24N2O8S/c1-2-38-27(33)28-22-10-6-7-11-24(22)39(36,37)29(28)26(32)20(16-18-12-14-21(15-13-18)30(34)35)17-23(28)25(31)19-8-4-3-5-9-19/h3-15,20,23H,2,16-17H2,1H3/t20-,23-,28-/m1/s1. The molecule has 1 saturated heterocycles. The lowest BCUT2D eigenvalue weighted by atomic mass is 9.66. The number of ketones is 1. The fourth-order valence-corrected chi connectivity index (χ4v) is 7.65. The number of nitro benzene ring substituents is 1. The summed E-state index contributed by atoms with van der Waals surface area (Å²) in [5, 5.41) is 11.1. The molecule has 200 valence electrons. The van der Waals surface area contributed by atoms with Crippen LogP contribution >= 0.6 is 0 Å². The maximum Gasteiger partial charge on any atom is 0.338 e. The predicted octanol–water partition coefficient (Wildman–Crippen LogP) is 3.65. The minimum absolute atomic E-state index is 0.0106. The van der Waals surface area contributed by atoms with E-state index in [0.29, 0.717) is 9.87 Å². The van der Waals surface area contributed by atoms with E-state index in [-0.39, 0.29) is 41.2 Å². The van der Waals surface area contributed by atoms with E-state index in [0.717, 1.165) is 0 Å². The first-order valence-corrected chi connectivity index (χ1v) is 13.8. The second kappa shape index (κ2) is 9.73. The van der Waals surface area contributed by atoms with Gasteiger partial charge >= 0.3 is 5.97 Å². The van der Waals surface area contributed by atoms with Crippen molar-refractivity contribution < 1.29 is 32.5 Å². The van der Waals surface area contributed by atoms with Gasteiger partial charge in [-0.2, -0.15) is 0 Å². The van der Waals surface area contributed by atoms with Gasteiger partial charge in [0.15, 0.2) is 11.3 Å². The number of non-ortho nitro benzene ring substituents is 1. The molecule has 2 aliphatic rings. The Bertz CT molecular complexity index is 1590. The summed E-state index contributed by atoms with van der Waals surface area (Å²) in [7, 11) is -4.53. The zero-order valence-electron chi connectivity index (χ0n) is 20.9. The fraction of sp³-hybridized carbons (Fsp3) is 0.250. The third-order valence-corrected chi connectivity index (χ3v) is 9.16. The van der Waals surface area contributed by atoms with E-state index in [1.54, 1.807) is 43.3 Å². The molecule has 0 aromatic heterocycles. The molecular weight excluding hydrogens is 524 g/mol. The average Bonchev–Trinajstić information content (AvgIpc) is 3.16. The highest BCUT2D eigenvalue weighted by Gasteiger charge is 2.70. The number of hydrogen-bond acceptors (Lipinski definition) is 8. The number of sulfonamides is 1. The number of amides is 1. The van der Waals surface area contributed by atoms with E-state index in [4.69, 9.17) is 4.74 Å².